The molecule has 1 aromatic heterocycles. The van der Waals surface area contributed by atoms with E-state index in [2.05, 4.69) is 5.10 Å². The number of nitrogens with zero attached hydrogens (tertiary/aromatic N) is 4. The number of imide groups is 1. The zero-order valence-electron chi connectivity index (χ0n) is 17.7. The predicted octanol–water partition coefficient (Wildman–Crippen LogP) is 2.65. The largest absolute Gasteiger partial charge is 0.416 e. The fraction of sp³-hybridized carbons (Fsp3) is 0.455. The molecule has 1 aliphatic heterocycles. The maximum absolute atomic E-state index is 13.4. The molecule has 3 amide bonds. The summed E-state index contributed by atoms with van der Waals surface area (Å²) in [5.41, 5.74) is -1.76. The molecule has 0 radical (unpaired) electrons. The number of carbonyl (C=O) groups is 3. The maximum Gasteiger partial charge on any atom is 0.416 e. The van der Waals surface area contributed by atoms with Crippen molar-refractivity contribution in [2.75, 3.05) is 7.05 Å². The lowest BCUT2D eigenvalue weighted by Crippen LogP contribution is -2.43. The summed E-state index contributed by atoms with van der Waals surface area (Å²) in [5, 5.41) is 4.05. The Kier molecular flexibility index (Phi) is 5.34. The standard InChI is InChI=1S/C22H23F3N4O3/c1-27(12-14-11-26-28(2)13-14)18(30)9-21(10-19(31)29(20(21)32)17-6-7-17)15-4-3-5-16(8-15)22(23,24)25/h3-5,8,11,13,17H,6-7,9-10,12H2,1-2H3/t21-/m0/s1. The molecular formula is C22H23F3N4O3. The van der Waals surface area contributed by atoms with Crippen molar-refractivity contribution < 1.29 is 27.6 Å². The normalized spacial score (nSPS) is 21.3. The van der Waals surface area contributed by atoms with E-state index in [1.54, 1.807) is 31.2 Å². The van der Waals surface area contributed by atoms with Crippen LogP contribution in [0.15, 0.2) is 36.7 Å². The van der Waals surface area contributed by atoms with E-state index in [9.17, 15) is 27.6 Å². The zero-order chi connectivity index (χ0) is 23.3. The third-order valence-corrected chi connectivity index (χ3v) is 6.06. The second kappa shape index (κ2) is 7.75. The number of alkyl halides is 3. The van der Waals surface area contributed by atoms with Gasteiger partial charge in [0.2, 0.25) is 17.7 Å². The van der Waals surface area contributed by atoms with Crippen LogP contribution in [0.2, 0.25) is 0 Å². The van der Waals surface area contributed by atoms with Gasteiger partial charge in [-0.2, -0.15) is 18.3 Å². The minimum absolute atomic E-state index is 0.0388. The fourth-order valence-electron chi connectivity index (χ4n) is 4.23. The molecule has 0 spiro atoms. The first kappa shape index (κ1) is 22.0. The van der Waals surface area contributed by atoms with Crippen LogP contribution in [-0.4, -0.2) is 50.4 Å². The molecule has 2 aromatic rings. The monoisotopic (exact) mass is 448 g/mol. The zero-order valence-corrected chi connectivity index (χ0v) is 17.7. The van der Waals surface area contributed by atoms with Gasteiger partial charge in [-0.05, 0) is 24.5 Å². The van der Waals surface area contributed by atoms with E-state index in [0.717, 1.165) is 22.6 Å². The molecule has 170 valence electrons. The average molecular weight is 448 g/mol. The molecule has 1 saturated carbocycles. The molecule has 0 N–H and O–H groups in total. The summed E-state index contributed by atoms with van der Waals surface area (Å²) in [6, 6.07) is 4.17. The Morgan fingerprint density at radius 1 is 1.28 bits per heavy atom. The number of amides is 3. The molecule has 0 bridgehead atoms. The van der Waals surface area contributed by atoms with Crippen LogP contribution >= 0.6 is 0 Å². The van der Waals surface area contributed by atoms with E-state index in [-0.39, 0.29) is 24.6 Å². The first-order valence-corrected chi connectivity index (χ1v) is 10.3. The lowest BCUT2D eigenvalue weighted by molar-refractivity contribution is -0.143. The van der Waals surface area contributed by atoms with Crippen LogP contribution in [0.5, 0.6) is 0 Å². The summed E-state index contributed by atoms with van der Waals surface area (Å²) in [6.45, 7) is 0.222. The van der Waals surface area contributed by atoms with Gasteiger partial charge in [-0.1, -0.05) is 18.2 Å². The summed E-state index contributed by atoms with van der Waals surface area (Å²) in [4.78, 5) is 41.8. The van der Waals surface area contributed by atoms with E-state index in [1.807, 2.05) is 0 Å². The van der Waals surface area contributed by atoms with Gasteiger partial charge in [-0.25, -0.2) is 0 Å². The molecule has 0 unspecified atom stereocenters. The number of carbonyl (C=O) groups excluding carboxylic acids is 3. The lowest BCUT2D eigenvalue weighted by atomic mass is 9.75. The number of halogens is 3. The van der Waals surface area contributed by atoms with Crippen molar-refractivity contribution in [3.63, 3.8) is 0 Å². The smallest absolute Gasteiger partial charge is 0.341 e. The topological polar surface area (TPSA) is 75.5 Å². The van der Waals surface area contributed by atoms with E-state index >= 15 is 0 Å². The number of rotatable bonds is 6. The Labute approximate surface area is 182 Å². The van der Waals surface area contributed by atoms with Crippen LogP contribution in [0.25, 0.3) is 0 Å². The summed E-state index contributed by atoms with van der Waals surface area (Å²) in [5.74, 6) is -1.48. The number of aryl methyl sites for hydroxylation is 1. The lowest BCUT2D eigenvalue weighted by Gasteiger charge is -2.29. The Morgan fingerprint density at radius 3 is 2.59 bits per heavy atom. The highest BCUT2D eigenvalue weighted by Crippen LogP contribution is 2.45. The highest BCUT2D eigenvalue weighted by Gasteiger charge is 2.57. The quantitative estimate of drug-likeness (QED) is 0.637. The summed E-state index contributed by atoms with van der Waals surface area (Å²) >= 11 is 0. The van der Waals surface area contributed by atoms with Crippen LogP contribution in [0, 0.1) is 0 Å². The van der Waals surface area contributed by atoms with Gasteiger partial charge < -0.3 is 4.90 Å². The Hall–Kier alpha value is -3.17. The molecule has 2 heterocycles. The van der Waals surface area contributed by atoms with Crippen molar-refractivity contribution in [3.8, 4) is 0 Å². The van der Waals surface area contributed by atoms with Crippen molar-refractivity contribution in [1.82, 2.24) is 19.6 Å². The van der Waals surface area contributed by atoms with Gasteiger partial charge in [0.05, 0.1) is 17.2 Å². The maximum atomic E-state index is 13.4. The number of hydrogen-bond donors (Lipinski definition) is 0. The van der Waals surface area contributed by atoms with Gasteiger partial charge in [-0.3, -0.25) is 24.0 Å². The fourth-order valence-corrected chi connectivity index (χ4v) is 4.23. The SMILES string of the molecule is CN(Cc1cnn(C)c1)C(=O)C[C@@]1(c2cccc(C(F)(F)F)c2)CC(=O)N(C2CC2)C1=O. The second-order valence-electron chi connectivity index (χ2n) is 8.59. The van der Waals surface area contributed by atoms with Gasteiger partial charge in [0, 0.05) is 51.3 Å². The van der Waals surface area contributed by atoms with Gasteiger partial charge in [0.1, 0.15) is 0 Å². The molecule has 1 aromatic carbocycles. The number of hydrogen-bond acceptors (Lipinski definition) is 4. The third kappa shape index (κ3) is 4.01. The molecule has 1 aliphatic carbocycles. The van der Waals surface area contributed by atoms with Crippen molar-refractivity contribution in [1.29, 1.82) is 0 Å². The molecule has 10 heteroatoms. The molecule has 7 nitrogen and oxygen atoms in total. The minimum Gasteiger partial charge on any atom is -0.341 e. The molecule has 1 atom stereocenters. The summed E-state index contributed by atoms with van der Waals surface area (Å²) in [6.07, 6.45) is -0.637. The van der Waals surface area contributed by atoms with Gasteiger partial charge in [0.15, 0.2) is 0 Å². The van der Waals surface area contributed by atoms with Crippen LogP contribution < -0.4 is 0 Å². The van der Waals surface area contributed by atoms with Crippen molar-refractivity contribution in [3.05, 3.63) is 53.3 Å². The number of benzene rings is 1. The number of likely N-dealkylation sites (tertiary alicyclic amines) is 1. The van der Waals surface area contributed by atoms with E-state index in [1.165, 1.54) is 17.0 Å². The van der Waals surface area contributed by atoms with Gasteiger partial charge in [-0.15, -0.1) is 0 Å². The summed E-state index contributed by atoms with van der Waals surface area (Å²) < 4.78 is 41.7. The second-order valence-corrected chi connectivity index (χ2v) is 8.59. The Bertz CT molecular complexity index is 1080. The van der Waals surface area contributed by atoms with Crippen LogP contribution in [0.4, 0.5) is 13.2 Å². The Morgan fingerprint density at radius 2 is 2.00 bits per heavy atom. The Balaban J connectivity index is 1.68. The highest BCUT2D eigenvalue weighted by atomic mass is 19.4. The van der Waals surface area contributed by atoms with E-state index in [4.69, 9.17) is 0 Å². The minimum atomic E-state index is -4.61. The van der Waals surface area contributed by atoms with Crippen LogP contribution in [0.1, 0.15) is 42.4 Å². The highest BCUT2D eigenvalue weighted by molar-refractivity contribution is 6.11. The van der Waals surface area contributed by atoms with Gasteiger partial charge >= 0.3 is 6.18 Å². The number of aromatic nitrogens is 2. The summed E-state index contributed by atoms with van der Waals surface area (Å²) in [7, 11) is 3.29. The van der Waals surface area contributed by atoms with Gasteiger partial charge in [0.25, 0.3) is 0 Å². The molecule has 1 saturated heterocycles. The third-order valence-electron chi connectivity index (χ3n) is 6.06. The molecule has 4 rings (SSSR count). The van der Waals surface area contributed by atoms with Crippen molar-refractivity contribution in [2.45, 2.75) is 49.9 Å². The molecule has 32 heavy (non-hydrogen) atoms. The first-order chi connectivity index (χ1) is 15.0. The van der Waals surface area contributed by atoms with Crippen LogP contribution in [0.3, 0.4) is 0 Å². The van der Waals surface area contributed by atoms with Crippen LogP contribution in [-0.2, 0) is 39.6 Å². The van der Waals surface area contributed by atoms with Crippen molar-refractivity contribution in [2.24, 2.45) is 7.05 Å². The van der Waals surface area contributed by atoms with E-state index in [0.29, 0.717) is 12.8 Å². The van der Waals surface area contributed by atoms with E-state index < -0.39 is 41.3 Å². The molecular weight excluding hydrogens is 425 g/mol. The van der Waals surface area contributed by atoms with Crippen molar-refractivity contribution >= 4 is 17.7 Å². The molecule has 2 fully saturated rings. The predicted molar refractivity (Wildman–Crippen MR) is 107 cm³/mol. The average Bonchev–Trinajstić information content (AvgIpc) is 3.41. The first-order valence-electron chi connectivity index (χ1n) is 10.3. The molecule has 2 aliphatic rings.